The zero-order valence-electron chi connectivity index (χ0n) is 13.6. The van der Waals surface area contributed by atoms with Crippen molar-refractivity contribution >= 4 is 23.7 Å². The van der Waals surface area contributed by atoms with Gasteiger partial charge < -0.3 is 9.84 Å². The predicted octanol–water partition coefficient (Wildman–Crippen LogP) is 3.74. The lowest BCUT2D eigenvalue weighted by molar-refractivity contribution is -0.168. The average Bonchev–Trinajstić information content (AvgIpc) is 2.46. The number of thioether (sulfide) groups is 1. The molecular weight excluding hydrogens is 300 g/mol. The van der Waals surface area contributed by atoms with Crippen LogP contribution in [0.25, 0.3) is 0 Å². The summed E-state index contributed by atoms with van der Waals surface area (Å²) in [6.45, 7) is 7.79. The molecule has 0 unspecified atom stereocenters. The van der Waals surface area contributed by atoms with Crippen molar-refractivity contribution in [2.75, 3.05) is 5.75 Å². The molecule has 0 saturated carbocycles. The van der Waals surface area contributed by atoms with Gasteiger partial charge in [0, 0.05) is 10.5 Å². The molecule has 0 aliphatic heterocycles. The van der Waals surface area contributed by atoms with Crippen LogP contribution in [-0.4, -0.2) is 27.5 Å². The number of benzene rings is 1. The van der Waals surface area contributed by atoms with Gasteiger partial charge in [0.1, 0.15) is 6.61 Å². The lowest BCUT2D eigenvalue weighted by atomic mass is 9.87. The Bertz CT molecular complexity index is 507. The number of hydrogen-bond acceptors (Lipinski definition) is 4. The van der Waals surface area contributed by atoms with Crippen molar-refractivity contribution in [3.63, 3.8) is 0 Å². The first-order valence-corrected chi connectivity index (χ1v) is 8.28. The normalized spacial score (nSPS) is 14.2. The first-order valence-electron chi connectivity index (χ1n) is 7.30. The quantitative estimate of drug-likeness (QED) is 0.611. The first kappa shape index (κ1) is 18.6. The van der Waals surface area contributed by atoms with Crippen LogP contribution in [-0.2, 0) is 20.9 Å². The number of carboxylic acids is 1. The lowest BCUT2D eigenvalue weighted by Crippen LogP contribution is -2.43. The van der Waals surface area contributed by atoms with E-state index in [1.54, 1.807) is 6.92 Å². The van der Waals surface area contributed by atoms with Crippen LogP contribution in [0.2, 0.25) is 0 Å². The highest BCUT2D eigenvalue weighted by Gasteiger charge is 2.47. The third kappa shape index (κ3) is 5.05. The van der Waals surface area contributed by atoms with Crippen LogP contribution >= 0.6 is 11.8 Å². The highest BCUT2D eigenvalue weighted by Crippen LogP contribution is 2.35. The van der Waals surface area contributed by atoms with Crippen LogP contribution in [0.15, 0.2) is 30.3 Å². The molecule has 0 fully saturated rings. The molecule has 0 radical (unpaired) electrons. The van der Waals surface area contributed by atoms with Gasteiger partial charge in [-0.3, -0.25) is 9.59 Å². The molecular formula is C17H24O4S. The molecule has 1 N–H and O–H groups in total. The molecule has 1 rings (SSSR count). The summed E-state index contributed by atoms with van der Waals surface area (Å²) in [5.74, 6) is -1.58. The van der Waals surface area contributed by atoms with Crippen LogP contribution in [0.5, 0.6) is 0 Å². The second kappa shape index (κ2) is 7.68. The Morgan fingerprint density at radius 1 is 1.18 bits per heavy atom. The van der Waals surface area contributed by atoms with Crippen molar-refractivity contribution in [2.24, 2.45) is 5.41 Å². The van der Waals surface area contributed by atoms with Gasteiger partial charge in [0.15, 0.2) is 5.41 Å². The Labute approximate surface area is 136 Å². The third-order valence-electron chi connectivity index (χ3n) is 3.37. The van der Waals surface area contributed by atoms with Crippen molar-refractivity contribution < 1.29 is 19.4 Å². The van der Waals surface area contributed by atoms with Gasteiger partial charge in [-0.05, 0) is 12.0 Å². The molecule has 4 nitrogen and oxygen atoms in total. The molecule has 1 aromatic rings. The largest absolute Gasteiger partial charge is 0.480 e. The van der Waals surface area contributed by atoms with E-state index in [9.17, 15) is 14.7 Å². The van der Waals surface area contributed by atoms with Crippen molar-refractivity contribution in [3.05, 3.63) is 35.9 Å². The van der Waals surface area contributed by atoms with E-state index < -0.39 is 17.4 Å². The molecule has 0 saturated heterocycles. The third-order valence-corrected chi connectivity index (χ3v) is 4.87. The summed E-state index contributed by atoms with van der Waals surface area (Å²) in [7, 11) is 0. The molecule has 5 heteroatoms. The summed E-state index contributed by atoms with van der Waals surface area (Å²) in [5, 5.41) is 9.57. The van der Waals surface area contributed by atoms with Crippen LogP contribution in [0.1, 0.15) is 39.7 Å². The van der Waals surface area contributed by atoms with Crippen molar-refractivity contribution in [1.29, 1.82) is 0 Å². The fraction of sp³-hybridized carbons (Fsp3) is 0.529. The number of carboxylic acid groups (broad SMARTS) is 1. The van der Waals surface area contributed by atoms with Gasteiger partial charge in [0.05, 0.1) is 0 Å². The van der Waals surface area contributed by atoms with Gasteiger partial charge in [-0.2, -0.15) is 11.8 Å². The standard InChI is InChI=1S/C17H24O4S/c1-5-17(14(18)19,12-22-16(2,3)4)15(20)21-11-13-9-7-6-8-10-13/h6-10H,5,11-12H2,1-4H3,(H,18,19)/t17-/m0/s1. The molecule has 22 heavy (non-hydrogen) atoms. The lowest BCUT2D eigenvalue weighted by Gasteiger charge is -2.29. The van der Waals surface area contributed by atoms with E-state index >= 15 is 0 Å². The maximum absolute atomic E-state index is 12.4. The van der Waals surface area contributed by atoms with Crippen LogP contribution in [0, 0.1) is 5.41 Å². The molecule has 1 atom stereocenters. The molecule has 1 aromatic carbocycles. The molecule has 0 amide bonds. The molecule has 122 valence electrons. The maximum atomic E-state index is 12.4. The number of esters is 1. The number of aliphatic carboxylic acids is 1. The summed E-state index contributed by atoms with van der Waals surface area (Å²) < 4.78 is 5.16. The van der Waals surface area contributed by atoms with E-state index in [1.807, 2.05) is 51.1 Å². The number of rotatable bonds is 7. The van der Waals surface area contributed by atoms with E-state index in [1.165, 1.54) is 11.8 Å². The highest BCUT2D eigenvalue weighted by atomic mass is 32.2. The van der Waals surface area contributed by atoms with Crippen LogP contribution in [0.3, 0.4) is 0 Å². The van der Waals surface area contributed by atoms with E-state index in [-0.39, 0.29) is 23.5 Å². The molecule has 0 aliphatic rings. The molecule has 0 bridgehead atoms. The number of hydrogen-bond donors (Lipinski definition) is 1. The minimum absolute atomic E-state index is 0.0922. The molecule has 0 spiro atoms. The van der Waals surface area contributed by atoms with Crippen molar-refractivity contribution in [1.82, 2.24) is 0 Å². The summed E-state index contributed by atoms with van der Waals surface area (Å²) in [4.78, 5) is 24.1. The minimum atomic E-state index is -1.49. The zero-order chi connectivity index (χ0) is 16.8. The molecule has 0 aromatic heterocycles. The van der Waals surface area contributed by atoms with Gasteiger partial charge in [0.25, 0.3) is 0 Å². The highest BCUT2D eigenvalue weighted by molar-refractivity contribution is 8.00. The monoisotopic (exact) mass is 324 g/mol. The summed E-state index contributed by atoms with van der Waals surface area (Å²) in [6.07, 6.45) is 0.207. The number of ether oxygens (including phenoxy) is 1. The zero-order valence-corrected chi connectivity index (χ0v) is 14.4. The average molecular weight is 324 g/mol. The number of carbonyl (C=O) groups is 2. The van der Waals surface area contributed by atoms with Gasteiger partial charge in [-0.1, -0.05) is 58.0 Å². The summed E-state index contributed by atoms with van der Waals surface area (Å²) >= 11 is 1.46. The van der Waals surface area contributed by atoms with Crippen LogP contribution in [0.4, 0.5) is 0 Å². The van der Waals surface area contributed by atoms with E-state index in [0.29, 0.717) is 0 Å². The van der Waals surface area contributed by atoms with Gasteiger partial charge in [0.2, 0.25) is 0 Å². The molecule has 0 aliphatic carbocycles. The topological polar surface area (TPSA) is 63.6 Å². The molecule has 0 heterocycles. The Kier molecular flexibility index (Phi) is 6.48. The van der Waals surface area contributed by atoms with Gasteiger partial charge in [-0.15, -0.1) is 0 Å². The predicted molar refractivity (Wildman–Crippen MR) is 88.8 cm³/mol. The Balaban J connectivity index is 2.82. The van der Waals surface area contributed by atoms with Gasteiger partial charge in [-0.25, -0.2) is 0 Å². The maximum Gasteiger partial charge on any atom is 0.324 e. The fourth-order valence-corrected chi connectivity index (χ4v) is 2.93. The van der Waals surface area contributed by atoms with Crippen molar-refractivity contribution in [2.45, 2.75) is 45.5 Å². The fourth-order valence-electron chi connectivity index (χ4n) is 1.81. The van der Waals surface area contributed by atoms with Crippen molar-refractivity contribution in [3.8, 4) is 0 Å². The van der Waals surface area contributed by atoms with E-state index in [4.69, 9.17) is 4.74 Å². The summed E-state index contributed by atoms with van der Waals surface area (Å²) in [6, 6.07) is 9.25. The van der Waals surface area contributed by atoms with Crippen LogP contribution < -0.4 is 0 Å². The Hall–Kier alpha value is -1.49. The Morgan fingerprint density at radius 3 is 2.23 bits per heavy atom. The van der Waals surface area contributed by atoms with E-state index in [0.717, 1.165) is 5.56 Å². The summed E-state index contributed by atoms with van der Waals surface area (Å²) in [5.41, 5.74) is -0.651. The first-order chi connectivity index (χ1) is 10.2. The SMILES string of the molecule is CC[C@](CSC(C)(C)C)(C(=O)O)C(=O)OCc1ccccc1. The van der Waals surface area contributed by atoms with Gasteiger partial charge >= 0.3 is 11.9 Å². The number of carbonyl (C=O) groups excluding carboxylic acids is 1. The second-order valence-electron chi connectivity index (χ2n) is 6.20. The Morgan fingerprint density at radius 2 is 1.77 bits per heavy atom. The smallest absolute Gasteiger partial charge is 0.324 e. The second-order valence-corrected chi connectivity index (χ2v) is 8.01. The minimum Gasteiger partial charge on any atom is -0.480 e. The van der Waals surface area contributed by atoms with E-state index in [2.05, 4.69) is 0 Å².